The van der Waals surface area contributed by atoms with E-state index in [0.29, 0.717) is 5.69 Å². The summed E-state index contributed by atoms with van der Waals surface area (Å²) >= 11 is 3.36. The van der Waals surface area contributed by atoms with E-state index in [4.69, 9.17) is 24.1 Å². The van der Waals surface area contributed by atoms with Crippen molar-refractivity contribution in [3.63, 3.8) is 0 Å². The van der Waals surface area contributed by atoms with Crippen LogP contribution in [0.4, 0.5) is 0 Å². The summed E-state index contributed by atoms with van der Waals surface area (Å²) in [4.78, 5) is 50.3. The third-order valence-electron chi connectivity index (χ3n) is 5.93. The van der Waals surface area contributed by atoms with Crippen LogP contribution in [0, 0.1) is 0 Å². The van der Waals surface area contributed by atoms with Gasteiger partial charge in [-0.25, -0.2) is 9.38 Å². The molecule has 0 saturated carbocycles. The quantitative estimate of drug-likeness (QED) is 0.0877. The molecule has 2 aliphatic rings. The maximum atomic E-state index is 13.3. The Morgan fingerprint density at radius 3 is 2.97 bits per heavy atom. The molecule has 2 N–H and O–H groups in total. The number of aromatic amines is 1. The van der Waals surface area contributed by atoms with E-state index in [-0.39, 0.29) is 28.3 Å². The van der Waals surface area contributed by atoms with Gasteiger partial charge in [0.2, 0.25) is 5.78 Å². The molecule has 5 heterocycles. The third kappa shape index (κ3) is 4.18. The monoisotopic (exact) mass is 590 g/mol. The predicted octanol–water partition coefficient (Wildman–Crippen LogP) is 2.56. The van der Waals surface area contributed by atoms with Crippen molar-refractivity contribution in [3.05, 3.63) is 62.1 Å². The zero-order valence-electron chi connectivity index (χ0n) is 18.5. The number of imidazole rings is 2. The number of ether oxygens (including phenoxy) is 2. The molecule has 5 atom stereocenters. The number of esters is 1. The molecule has 3 aromatic heterocycles. The van der Waals surface area contributed by atoms with Crippen LogP contribution in [0.2, 0.25) is 0 Å². The molecular weight excluding hydrogens is 575 g/mol. The first kappa shape index (κ1) is 24.0. The normalized spacial score (nSPS) is 25.2. The molecule has 15 nitrogen and oxygen atoms in total. The molecule has 2 saturated heterocycles. The first-order chi connectivity index (χ1) is 17.9. The standard InChI is InChI=1S/C20H16BrN8O7P/c21-19-25-13-16(26-20-24-10(7-28(20)17(13)31)9-4-2-1-3-5-9)29(19)18-15(35-12(30)6-23-27-22)14-11(34-18)8-33-37(32)36-14/h1-5,7,11,14-15,18,32H,6,8H2,(H,24,26)/t11?,14-,15?,18-,37?/m1/s1. The number of benzene rings is 1. The van der Waals surface area contributed by atoms with Gasteiger partial charge in [0, 0.05) is 11.1 Å². The highest BCUT2D eigenvalue weighted by Gasteiger charge is 2.53. The number of carbonyl (C=O) groups excluding carboxylic acids is 1. The number of halogens is 1. The summed E-state index contributed by atoms with van der Waals surface area (Å²) in [6.07, 6.45) is -2.13. The lowest BCUT2D eigenvalue weighted by molar-refractivity contribution is -0.156. The Labute approximate surface area is 215 Å². The van der Waals surface area contributed by atoms with Crippen molar-refractivity contribution in [1.29, 1.82) is 0 Å². The molecule has 6 rings (SSSR count). The van der Waals surface area contributed by atoms with Gasteiger partial charge in [-0.05, 0) is 27.0 Å². The van der Waals surface area contributed by atoms with Gasteiger partial charge >= 0.3 is 14.6 Å². The first-order valence-electron chi connectivity index (χ1n) is 10.8. The van der Waals surface area contributed by atoms with Crippen LogP contribution < -0.4 is 5.56 Å². The van der Waals surface area contributed by atoms with Crippen LogP contribution in [-0.4, -0.2) is 66.2 Å². The predicted molar refractivity (Wildman–Crippen MR) is 130 cm³/mol. The zero-order chi connectivity index (χ0) is 25.7. The second-order valence-electron chi connectivity index (χ2n) is 8.08. The summed E-state index contributed by atoms with van der Waals surface area (Å²) in [5.41, 5.74) is 9.85. The van der Waals surface area contributed by atoms with E-state index in [1.54, 1.807) is 6.20 Å². The molecule has 17 heteroatoms. The van der Waals surface area contributed by atoms with Crippen LogP contribution >= 0.6 is 24.5 Å². The minimum Gasteiger partial charge on any atom is -0.454 e. The Hall–Kier alpha value is -3.36. The highest BCUT2D eigenvalue weighted by molar-refractivity contribution is 9.10. The molecule has 37 heavy (non-hydrogen) atoms. The summed E-state index contributed by atoms with van der Waals surface area (Å²) in [6, 6.07) is 9.44. The largest absolute Gasteiger partial charge is 0.454 e. The Kier molecular flexibility index (Phi) is 6.16. The zero-order valence-corrected chi connectivity index (χ0v) is 21.0. The van der Waals surface area contributed by atoms with E-state index in [1.165, 1.54) is 8.97 Å². The molecule has 0 amide bonds. The van der Waals surface area contributed by atoms with Crippen LogP contribution in [0.15, 0.2) is 51.2 Å². The second kappa shape index (κ2) is 9.50. The molecule has 0 spiro atoms. The van der Waals surface area contributed by atoms with Gasteiger partial charge in [-0.15, -0.1) is 0 Å². The third-order valence-corrected chi connectivity index (χ3v) is 7.28. The summed E-state index contributed by atoms with van der Waals surface area (Å²) in [7, 11) is -2.22. The lowest BCUT2D eigenvalue weighted by Crippen LogP contribution is -2.41. The number of hydrogen-bond acceptors (Lipinski definition) is 10. The van der Waals surface area contributed by atoms with Crippen molar-refractivity contribution in [2.24, 2.45) is 5.11 Å². The molecule has 2 fully saturated rings. The van der Waals surface area contributed by atoms with Crippen molar-refractivity contribution in [2.45, 2.75) is 24.5 Å². The molecular formula is C20H16BrN8O7P. The minimum atomic E-state index is -2.22. The highest BCUT2D eigenvalue weighted by atomic mass is 79.9. The van der Waals surface area contributed by atoms with E-state index in [2.05, 4.69) is 40.9 Å². The molecule has 190 valence electrons. The van der Waals surface area contributed by atoms with Crippen LogP contribution in [0.3, 0.4) is 0 Å². The van der Waals surface area contributed by atoms with E-state index in [0.717, 1.165) is 5.56 Å². The fourth-order valence-corrected chi connectivity index (χ4v) is 5.69. The smallest absolute Gasteiger partial charge is 0.330 e. The Balaban J connectivity index is 1.46. The van der Waals surface area contributed by atoms with Gasteiger partial charge < -0.3 is 28.4 Å². The minimum absolute atomic E-state index is 0.0184. The van der Waals surface area contributed by atoms with Gasteiger partial charge in [0.05, 0.1) is 12.3 Å². The first-order valence-corrected chi connectivity index (χ1v) is 12.8. The molecule has 0 aliphatic carbocycles. The maximum Gasteiger partial charge on any atom is 0.330 e. The van der Waals surface area contributed by atoms with Gasteiger partial charge in [0.25, 0.3) is 5.56 Å². The molecule has 3 unspecified atom stereocenters. The molecule has 0 radical (unpaired) electrons. The topological polar surface area (TPSA) is 191 Å². The average Bonchev–Trinajstić information content (AvgIpc) is 3.57. The van der Waals surface area contributed by atoms with E-state index >= 15 is 0 Å². The number of azide groups is 1. The van der Waals surface area contributed by atoms with Crippen molar-refractivity contribution in [2.75, 3.05) is 13.2 Å². The molecule has 1 aromatic carbocycles. The number of hydrogen-bond donors (Lipinski definition) is 2. The number of nitrogens with zero attached hydrogens (tertiary/aromatic N) is 7. The van der Waals surface area contributed by atoms with Crippen LogP contribution in [-0.2, 0) is 23.3 Å². The Morgan fingerprint density at radius 2 is 2.19 bits per heavy atom. The molecule has 0 bridgehead atoms. The van der Waals surface area contributed by atoms with Crippen molar-refractivity contribution in [3.8, 4) is 11.3 Å². The number of carbonyl (C=O) groups is 1. The van der Waals surface area contributed by atoms with Gasteiger partial charge in [-0.1, -0.05) is 35.4 Å². The number of H-pyrrole nitrogens is 1. The van der Waals surface area contributed by atoms with Crippen LogP contribution in [0.25, 0.3) is 38.6 Å². The fraction of sp³-hybridized carbons (Fsp3) is 0.300. The van der Waals surface area contributed by atoms with E-state index < -0.39 is 51.2 Å². The molecule has 2 aliphatic heterocycles. The number of aromatic nitrogens is 5. The maximum absolute atomic E-state index is 13.3. The summed E-state index contributed by atoms with van der Waals surface area (Å²) < 4.78 is 25.3. The van der Waals surface area contributed by atoms with Crippen molar-refractivity contribution < 1.29 is 28.2 Å². The Bertz CT molecular complexity index is 1620. The van der Waals surface area contributed by atoms with Gasteiger partial charge in [0.1, 0.15) is 18.8 Å². The van der Waals surface area contributed by atoms with Crippen LogP contribution in [0.1, 0.15) is 6.23 Å². The average molecular weight is 591 g/mol. The number of nitrogens with one attached hydrogen (secondary N) is 1. The summed E-state index contributed by atoms with van der Waals surface area (Å²) in [6.45, 7) is -0.576. The van der Waals surface area contributed by atoms with Gasteiger partial charge in [0.15, 0.2) is 28.2 Å². The van der Waals surface area contributed by atoms with Crippen molar-refractivity contribution >= 4 is 47.4 Å². The van der Waals surface area contributed by atoms with Gasteiger partial charge in [-0.2, -0.15) is 4.98 Å². The lowest BCUT2D eigenvalue weighted by atomic mass is 10.1. The molecule has 4 aromatic rings. The van der Waals surface area contributed by atoms with Gasteiger partial charge in [-0.3, -0.25) is 14.2 Å². The summed E-state index contributed by atoms with van der Waals surface area (Å²) in [5.74, 6) is -0.571. The van der Waals surface area contributed by atoms with E-state index in [9.17, 15) is 14.5 Å². The van der Waals surface area contributed by atoms with Crippen LogP contribution in [0.5, 0.6) is 0 Å². The van der Waals surface area contributed by atoms with Crippen molar-refractivity contribution in [1.82, 2.24) is 23.9 Å². The SMILES string of the molecule is [N-]=[N+]=NCC(=O)OC1[C@@H]2OP(O)OCC2O[C@H]1n1c(Br)nc2c(=O)n3cc(-c4ccccc4)[nH]c3nc21. The number of fused-ring (bicyclic) bond motifs is 3. The van der Waals surface area contributed by atoms with E-state index in [1.807, 2.05) is 30.3 Å². The number of rotatable bonds is 5. The second-order valence-corrected chi connectivity index (χ2v) is 9.73. The summed E-state index contributed by atoms with van der Waals surface area (Å²) in [5, 5.41) is 3.23. The highest BCUT2D eigenvalue weighted by Crippen LogP contribution is 2.48. The lowest BCUT2D eigenvalue weighted by Gasteiger charge is -2.29. The Morgan fingerprint density at radius 1 is 1.38 bits per heavy atom. The fourth-order valence-electron chi connectivity index (χ4n) is 4.35.